The van der Waals surface area contributed by atoms with Crippen molar-refractivity contribution in [2.75, 3.05) is 6.67 Å². The zero-order valence-electron chi connectivity index (χ0n) is 11.7. The van der Waals surface area contributed by atoms with Crippen LogP contribution in [0.5, 0.6) is 0 Å². The van der Waals surface area contributed by atoms with Crippen molar-refractivity contribution < 1.29 is 19.0 Å². The number of aliphatic hydroxyl groups is 1. The predicted octanol–water partition coefficient (Wildman–Crippen LogP) is 3.35. The van der Waals surface area contributed by atoms with Crippen molar-refractivity contribution in [2.45, 2.75) is 38.5 Å². The second-order valence-electron chi connectivity index (χ2n) is 5.40. The maximum Gasteiger partial charge on any atom is 0.408 e. The number of rotatable bonds is 4. The van der Waals surface area contributed by atoms with Gasteiger partial charge in [0.25, 0.3) is 0 Å². The Morgan fingerprint density at radius 1 is 1.40 bits per heavy atom. The molecule has 0 fully saturated rings. The third-order valence-corrected chi connectivity index (χ3v) is 2.99. The lowest BCUT2D eigenvalue weighted by Gasteiger charge is -2.25. The molecule has 0 saturated heterocycles. The number of alkyl carbamates (subject to hydrolysis) is 1. The van der Waals surface area contributed by atoms with E-state index in [9.17, 15) is 14.3 Å². The van der Waals surface area contributed by atoms with Crippen LogP contribution in [0.4, 0.5) is 9.18 Å². The number of carbonyl (C=O) groups excluding carboxylic acids is 1. The summed E-state index contributed by atoms with van der Waals surface area (Å²) in [4.78, 5) is 11.6. The van der Waals surface area contributed by atoms with Crippen molar-refractivity contribution in [3.63, 3.8) is 0 Å². The number of aliphatic hydroxyl groups excluding tert-OH is 1. The number of carbonyl (C=O) groups is 1. The summed E-state index contributed by atoms with van der Waals surface area (Å²) in [5.74, 6) is 0. The molecule has 0 spiro atoms. The van der Waals surface area contributed by atoms with Crippen molar-refractivity contribution in [3.05, 3.63) is 34.3 Å². The molecule has 1 aromatic carbocycles. The average molecular weight is 348 g/mol. The van der Waals surface area contributed by atoms with Crippen LogP contribution in [0.25, 0.3) is 0 Å². The van der Waals surface area contributed by atoms with Crippen LogP contribution in [0.3, 0.4) is 0 Å². The normalized spacial score (nSPS) is 14.5. The first-order valence-corrected chi connectivity index (χ1v) is 7.01. The third kappa shape index (κ3) is 5.46. The van der Waals surface area contributed by atoms with Crippen LogP contribution in [0.2, 0.25) is 0 Å². The van der Waals surface area contributed by atoms with Gasteiger partial charge in [0.15, 0.2) is 0 Å². The van der Waals surface area contributed by atoms with E-state index >= 15 is 0 Å². The summed E-state index contributed by atoms with van der Waals surface area (Å²) >= 11 is 3.28. The van der Waals surface area contributed by atoms with E-state index in [-0.39, 0.29) is 0 Å². The lowest BCUT2D eigenvalue weighted by Crippen LogP contribution is -2.43. The highest BCUT2D eigenvalue weighted by atomic mass is 79.9. The molecule has 0 saturated carbocycles. The van der Waals surface area contributed by atoms with Crippen LogP contribution in [-0.4, -0.2) is 29.5 Å². The number of halogens is 2. The Labute approximate surface area is 126 Å². The molecule has 0 bridgehead atoms. The van der Waals surface area contributed by atoms with E-state index in [1.54, 1.807) is 45.0 Å². The number of amides is 1. The van der Waals surface area contributed by atoms with Gasteiger partial charge < -0.3 is 15.2 Å². The van der Waals surface area contributed by atoms with Crippen LogP contribution in [0, 0.1) is 0 Å². The number of hydrogen-bond donors (Lipinski definition) is 2. The Hall–Kier alpha value is -1.14. The lowest BCUT2D eigenvalue weighted by molar-refractivity contribution is 0.0396. The largest absolute Gasteiger partial charge is 0.444 e. The number of alkyl halides is 1. The maximum atomic E-state index is 13.0. The zero-order chi connectivity index (χ0) is 15.3. The smallest absolute Gasteiger partial charge is 0.408 e. The van der Waals surface area contributed by atoms with E-state index in [0.717, 1.165) is 4.47 Å². The van der Waals surface area contributed by atoms with Gasteiger partial charge in [-0.25, -0.2) is 9.18 Å². The molecule has 0 aliphatic heterocycles. The Morgan fingerprint density at radius 3 is 2.40 bits per heavy atom. The lowest BCUT2D eigenvalue weighted by atomic mass is 10.0. The molecule has 1 amide bonds. The van der Waals surface area contributed by atoms with E-state index in [4.69, 9.17) is 4.74 Å². The number of hydrogen-bond acceptors (Lipinski definition) is 3. The molecule has 2 unspecified atom stereocenters. The van der Waals surface area contributed by atoms with Gasteiger partial charge in [0, 0.05) is 4.47 Å². The minimum absolute atomic E-state index is 0.520. The molecule has 0 aromatic heterocycles. The highest BCUT2D eigenvalue weighted by molar-refractivity contribution is 9.10. The maximum absolute atomic E-state index is 13.0. The first kappa shape index (κ1) is 16.9. The van der Waals surface area contributed by atoms with E-state index in [2.05, 4.69) is 21.2 Å². The van der Waals surface area contributed by atoms with Gasteiger partial charge in [0.2, 0.25) is 0 Å². The minimum Gasteiger partial charge on any atom is -0.444 e. The molecule has 2 atom stereocenters. The van der Waals surface area contributed by atoms with Gasteiger partial charge in [-0.3, -0.25) is 0 Å². The van der Waals surface area contributed by atoms with E-state index in [1.807, 2.05) is 0 Å². The average Bonchev–Trinajstić information content (AvgIpc) is 2.34. The fourth-order valence-electron chi connectivity index (χ4n) is 1.55. The van der Waals surface area contributed by atoms with E-state index in [1.165, 1.54) is 0 Å². The Bertz CT molecular complexity index is 445. The monoisotopic (exact) mass is 347 g/mol. The van der Waals surface area contributed by atoms with Crippen LogP contribution in [0.15, 0.2) is 28.7 Å². The van der Waals surface area contributed by atoms with Crippen LogP contribution in [-0.2, 0) is 4.74 Å². The Kier molecular flexibility index (Phi) is 5.95. The summed E-state index contributed by atoms with van der Waals surface area (Å²) in [7, 11) is 0. The quantitative estimate of drug-likeness (QED) is 0.877. The van der Waals surface area contributed by atoms with Crippen LogP contribution < -0.4 is 5.32 Å². The molecular weight excluding hydrogens is 329 g/mol. The fourth-order valence-corrected chi connectivity index (χ4v) is 1.82. The summed E-state index contributed by atoms with van der Waals surface area (Å²) < 4.78 is 18.9. The topological polar surface area (TPSA) is 58.6 Å². The van der Waals surface area contributed by atoms with Crippen molar-refractivity contribution in [1.29, 1.82) is 0 Å². The van der Waals surface area contributed by atoms with E-state index < -0.39 is 30.5 Å². The van der Waals surface area contributed by atoms with E-state index in [0.29, 0.717) is 5.56 Å². The number of nitrogens with one attached hydrogen (secondary N) is 1. The molecule has 0 heterocycles. The summed E-state index contributed by atoms with van der Waals surface area (Å²) in [6, 6.07) is 5.75. The van der Waals surface area contributed by atoms with Crippen LogP contribution >= 0.6 is 15.9 Å². The standard InChI is InChI=1S/C14H19BrFNO3/c1-14(2,3)20-13(19)17-11(8-16)12(18)9-4-6-10(15)7-5-9/h4-7,11-12,18H,8H2,1-3H3,(H,17,19). The zero-order valence-corrected chi connectivity index (χ0v) is 13.3. The third-order valence-electron chi connectivity index (χ3n) is 2.46. The summed E-state index contributed by atoms with van der Waals surface area (Å²) in [5, 5.41) is 12.4. The Balaban J connectivity index is 2.70. The number of ether oxygens (including phenoxy) is 1. The molecule has 0 aliphatic rings. The number of benzene rings is 1. The fraction of sp³-hybridized carbons (Fsp3) is 0.500. The van der Waals surface area contributed by atoms with Gasteiger partial charge in [-0.1, -0.05) is 28.1 Å². The molecule has 4 nitrogen and oxygen atoms in total. The Morgan fingerprint density at radius 2 is 1.95 bits per heavy atom. The molecule has 20 heavy (non-hydrogen) atoms. The van der Waals surface area contributed by atoms with Crippen molar-refractivity contribution in [2.24, 2.45) is 0 Å². The van der Waals surface area contributed by atoms with Gasteiger partial charge in [0.05, 0.1) is 6.04 Å². The van der Waals surface area contributed by atoms with Crippen LogP contribution in [0.1, 0.15) is 32.4 Å². The van der Waals surface area contributed by atoms with Gasteiger partial charge >= 0.3 is 6.09 Å². The van der Waals surface area contributed by atoms with Gasteiger partial charge in [-0.2, -0.15) is 0 Å². The molecule has 0 aliphatic carbocycles. The molecular formula is C14H19BrFNO3. The molecule has 112 valence electrons. The molecule has 1 rings (SSSR count). The minimum atomic E-state index is -1.14. The van der Waals surface area contributed by atoms with Crippen molar-refractivity contribution in [1.82, 2.24) is 5.32 Å². The molecule has 6 heteroatoms. The summed E-state index contributed by atoms with van der Waals surface area (Å²) in [6.45, 7) is 4.24. The first-order valence-electron chi connectivity index (χ1n) is 6.22. The second kappa shape index (κ2) is 7.04. The highest BCUT2D eigenvalue weighted by Gasteiger charge is 2.25. The molecule has 2 N–H and O–H groups in total. The predicted molar refractivity (Wildman–Crippen MR) is 78.2 cm³/mol. The molecule has 0 radical (unpaired) electrons. The van der Waals surface area contributed by atoms with Crippen molar-refractivity contribution >= 4 is 22.0 Å². The summed E-state index contributed by atoms with van der Waals surface area (Å²) in [5.41, 5.74) is -0.153. The first-order chi connectivity index (χ1) is 9.23. The van der Waals surface area contributed by atoms with Gasteiger partial charge in [-0.05, 0) is 38.5 Å². The summed E-state index contributed by atoms with van der Waals surface area (Å²) in [6.07, 6.45) is -1.89. The SMILES string of the molecule is CC(C)(C)OC(=O)NC(CF)C(O)c1ccc(Br)cc1. The van der Waals surface area contributed by atoms with Gasteiger partial charge in [-0.15, -0.1) is 0 Å². The van der Waals surface area contributed by atoms with Crippen molar-refractivity contribution in [3.8, 4) is 0 Å². The second-order valence-corrected chi connectivity index (χ2v) is 6.32. The highest BCUT2D eigenvalue weighted by Crippen LogP contribution is 2.20. The van der Waals surface area contributed by atoms with Gasteiger partial charge in [0.1, 0.15) is 18.4 Å². The molecule has 1 aromatic rings.